The maximum absolute atomic E-state index is 12.2. The lowest BCUT2D eigenvalue weighted by molar-refractivity contribution is -0.177. The van der Waals surface area contributed by atoms with E-state index in [2.05, 4.69) is 25.1 Å². The zero-order valence-corrected chi connectivity index (χ0v) is 17.2. The molecular formula is C24H33NO3. The van der Waals surface area contributed by atoms with Crippen LogP contribution in [0.25, 0.3) is 0 Å². The summed E-state index contributed by atoms with van der Waals surface area (Å²) in [7, 11) is 0. The van der Waals surface area contributed by atoms with Crippen molar-refractivity contribution in [1.82, 2.24) is 0 Å². The van der Waals surface area contributed by atoms with Crippen LogP contribution >= 0.6 is 0 Å². The number of carbonyl (C=O) groups excluding carboxylic acids is 1. The minimum absolute atomic E-state index is 0.0543. The molecule has 5 aliphatic carbocycles. The number of allylic oxidation sites excluding steroid dienone is 2. The van der Waals surface area contributed by atoms with Crippen LogP contribution in [-0.4, -0.2) is 22.5 Å². The van der Waals surface area contributed by atoms with Crippen LogP contribution < -0.4 is 0 Å². The first-order valence-corrected chi connectivity index (χ1v) is 11.7. The molecule has 1 N–H and O–H groups in total. The molecule has 4 saturated carbocycles. The summed E-state index contributed by atoms with van der Waals surface area (Å²) in [6.07, 6.45) is 12.1. The van der Waals surface area contributed by atoms with Crippen molar-refractivity contribution in [2.24, 2.45) is 52.0 Å². The Balaban J connectivity index is 1.40. The van der Waals surface area contributed by atoms with Gasteiger partial charge in [-0.25, -0.2) is 0 Å². The maximum atomic E-state index is 12.2. The molecule has 1 aliphatic heterocycles. The van der Waals surface area contributed by atoms with Crippen molar-refractivity contribution in [2.45, 2.75) is 77.2 Å². The zero-order chi connectivity index (χ0) is 19.3. The molecule has 1 saturated heterocycles. The monoisotopic (exact) mass is 383 g/mol. The number of fused-ring (bicyclic) bond motifs is 9. The smallest absolute Gasteiger partial charge is 0.306 e. The average Bonchev–Trinajstić information content (AvgIpc) is 3.35. The summed E-state index contributed by atoms with van der Waals surface area (Å²) < 4.78 is 6.23. The summed E-state index contributed by atoms with van der Waals surface area (Å²) in [5, 5.41) is 12.8. The summed E-state index contributed by atoms with van der Waals surface area (Å²) >= 11 is 0. The second-order valence-corrected chi connectivity index (χ2v) is 10.9. The minimum atomic E-state index is -0.137. The van der Waals surface area contributed by atoms with E-state index in [0.29, 0.717) is 18.3 Å². The molecule has 0 radical (unpaired) electrons. The molecule has 0 aromatic carbocycles. The highest BCUT2D eigenvalue weighted by Crippen LogP contribution is 2.79. The molecule has 4 nitrogen and oxygen atoms in total. The first-order valence-electron chi connectivity index (χ1n) is 11.7. The number of hydrogen-bond acceptors (Lipinski definition) is 4. The molecule has 1 heterocycles. The van der Waals surface area contributed by atoms with Crippen LogP contribution in [0.2, 0.25) is 0 Å². The van der Waals surface area contributed by atoms with Crippen LogP contribution in [0, 0.1) is 46.8 Å². The summed E-state index contributed by atoms with van der Waals surface area (Å²) in [6, 6.07) is 0. The van der Waals surface area contributed by atoms with E-state index in [4.69, 9.17) is 4.74 Å². The Labute approximate surface area is 167 Å². The third-order valence-electron chi connectivity index (χ3n) is 10.3. The van der Waals surface area contributed by atoms with Gasteiger partial charge in [0.15, 0.2) is 0 Å². The van der Waals surface area contributed by atoms with Gasteiger partial charge in [-0.15, -0.1) is 0 Å². The molecule has 1 spiro atoms. The van der Waals surface area contributed by atoms with Crippen molar-refractivity contribution in [3.8, 4) is 0 Å². The van der Waals surface area contributed by atoms with Gasteiger partial charge in [-0.05, 0) is 86.5 Å². The molecule has 0 aromatic rings. The molecule has 28 heavy (non-hydrogen) atoms. The summed E-state index contributed by atoms with van der Waals surface area (Å²) in [4.78, 5) is 12.2. The van der Waals surface area contributed by atoms with E-state index in [-0.39, 0.29) is 17.0 Å². The Bertz CT molecular complexity index is 787. The topological polar surface area (TPSA) is 58.9 Å². The van der Waals surface area contributed by atoms with Crippen LogP contribution in [0.1, 0.15) is 71.6 Å². The quantitative estimate of drug-likeness (QED) is 0.396. The number of esters is 1. The number of nitrogens with zero attached hydrogens (tertiary/aromatic N) is 1. The second-order valence-electron chi connectivity index (χ2n) is 10.9. The molecule has 6 aliphatic rings. The van der Waals surface area contributed by atoms with Crippen LogP contribution in [0.15, 0.2) is 16.8 Å². The number of rotatable bonds is 1. The Morgan fingerprint density at radius 2 is 2.11 bits per heavy atom. The molecule has 6 unspecified atom stereocenters. The average molecular weight is 384 g/mol. The van der Waals surface area contributed by atoms with Crippen molar-refractivity contribution < 1.29 is 14.7 Å². The van der Waals surface area contributed by atoms with Gasteiger partial charge in [0.1, 0.15) is 5.60 Å². The van der Waals surface area contributed by atoms with Crippen LogP contribution in [0.5, 0.6) is 0 Å². The number of oxime groups is 1. The second kappa shape index (κ2) is 5.64. The number of hydrogen-bond donors (Lipinski definition) is 1. The third-order valence-corrected chi connectivity index (χ3v) is 10.3. The van der Waals surface area contributed by atoms with Gasteiger partial charge in [0.25, 0.3) is 0 Å². The summed E-state index contributed by atoms with van der Waals surface area (Å²) in [5.74, 6) is 5.19. The highest BCUT2D eigenvalue weighted by molar-refractivity contribution is 5.96. The first kappa shape index (κ1) is 17.5. The molecule has 0 amide bonds. The SMILES string of the molecule is CCC1CC2=C/C(=N/O)CC[C@@H]2C2CC[C@@]3(C)C(C4CC4[C@@]34CCC(=O)O4)C12. The van der Waals surface area contributed by atoms with Gasteiger partial charge in [0.2, 0.25) is 0 Å². The van der Waals surface area contributed by atoms with E-state index < -0.39 is 0 Å². The normalized spacial score (nSPS) is 55.2. The summed E-state index contributed by atoms with van der Waals surface area (Å²) in [6.45, 7) is 4.86. The predicted octanol–water partition coefficient (Wildman–Crippen LogP) is 4.96. The molecule has 6 rings (SSSR count). The minimum Gasteiger partial charge on any atom is -0.458 e. The van der Waals surface area contributed by atoms with Crippen molar-refractivity contribution >= 4 is 11.7 Å². The van der Waals surface area contributed by atoms with Crippen molar-refractivity contribution in [2.75, 3.05) is 0 Å². The molecule has 0 aromatic heterocycles. The van der Waals surface area contributed by atoms with Gasteiger partial charge >= 0.3 is 5.97 Å². The maximum Gasteiger partial charge on any atom is 0.306 e. The fourth-order valence-corrected chi connectivity index (χ4v) is 9.22. The number of carbonyl (C=O) groups is 1. The predicted molar refractivity (Wildman–Crippen MR) is 106 cm³/mol. The van der Waals surface area contributed by atoms with E-state index in [1.165, 1.54) is 32.1 Å². The molecule has 4 heteroatoms. The fourth-order valence-electron chi connectivity index (χ4n) is 9.22. The molecule has 152 valence electrons. The third kappa shape index (κ3) is 1.98. The van der Waals surface area contributed by atoms with Gasteiger partial charge < -0.3 is 9.94 Å². The lowest BCUT2D eigenvalue weighted by Gasteiger charge is -2.59. The van der Waals surface area contributed by atoms with E-state index in [1.54, 1.807) is 5.57 Å². The zero-order valence-electron chi connectivity index (χ0n) is 17.2. The molecular weight excluding hydrogens is 350 g/mol. The van der Waals surface area contributed by atoms with E-state index >= 15 is 0 Å². The van der Waals surface area contributed by atoms with Crippen LogP contribution in [0.3, 0.4) is 0 Å². The largest absolute Gasteiger partial charge is 0.458 e. The summed E-state index contributed by atoms with van der Waals surface area (Å²) in [5.41, 5.74) is 2.49. The van der Waals surface area contributed by atoms with Gasteiger partial charge in [0, 0.05) is 17.8 Å². The van der Waals surface area contributed by atoms with E-state index in [1.807, 2.05) is 0 Å². The van der Waals surface area contributed by atoms with Crippen LogP contribution in [-0.2, 0) is 9.53 Å². The van der Waals surface area contributed by atoms with Gasteiger partial charge in [-0.1, -0.05) is 31.0 Å². The fraction of sp³-hybridized carbons (Fsp3) is 0.833. The van der Waals surface area contributed by atoms with Crippen molar-refractivity contribution in [3.05, 3.63) is 11.6 Å². The van der Waals surface area contributed by atoms with Gasteiger partial charge in [-0.3, -0.25) is 4.79 Å². The van der Waals surface area contributed by atoms with E-state index in [0.717, 1.165) is 54.6 Å². The molecule has 9 atom stereocenters. The lowest BCUT2D eigenvalue weighted by atomic mass is 9.46. The Kier molecular flexibility index (Phi) is 3.53. The van der Waals surface area contributed by atoms with E-state index in [9.17, 15) is 10.0 Å². The Hall–Kier alpha value is -1.32. The highest BCUT2D eigenvalue weighted by atomic mass is 16.6. The van der Waals surface area contributed by atoms with Crippen molar-refractivity contribution in [1.29, 1.82) is 0 Å². The Morgan fingerprint density at radius 1 is 1.25 bits per heavy atom. The van der Waals surface area contributed by atoms with Crippen molar-refractivity contribution in [3.63, 3.8) is 0 Å². The molecule has 5 fully saturated rings. The Morgan fingerprint density at radius 3 is 2.82 bits per heavy atom. The lowest BCUT2D eigenvalue weighted by Crippen LogP contribution is -2.56. The molecule has 0 bridgehead atoms. The first-order chi connectivity index (χ1) is 13.5. The van der Waals surface area contributed by atoms with Gasteiger partial charge in [0.05, 0.1) is 5.71 Å². The number of ether oxygens (including phenoxy) is 1. The van der Waals surface area contributed by atoms with Crippen LogP contribution in [0.4, 0.5) is 0 Å². The standard InChI is InChI=1S/C24H33NO3/c1-3-13-10-14-11-15(25-27)4-5-16(14)17-6-8-23(2)22(21(13)17)18-12-19(18)24(23)9-7-20(26)28-24/h11,13,16-19,21-22,27H,3-10,12H2,1-2H3/b25-15+/t13?,16-,17?,18?,19?,21?,22?,23-,24-/m0/s1. The highest BCUT2D eigenvalue weighted by Gasteiger charge is 2.79. The van der Waals surface area contributed by atoms with Gasteiger partial charge in [-0.2, -0.15) is 0 Å².